The fourth-order valence-electron chi connectivity index (χ4n) is 4.03. The zero-order valence-corrected chi connectivity index (χ0v) is 16.3. The number of hydrogen-bond acceptors (Lipinski definition) is 3. The average molecular weight is 373 g/mol. The number of carbonyl (C=O) groups is 2. The van der Waals surface area contributed by atoms with Gasteiger partial charge in [-0.05, 0) is 49.8 Å². The number of rotatable bonds is 4. The number of methoxy groups -OCH3 is 1. The first-order valence-electron chi connectivity index (χ1n) is 10.2. The number of carbonyl (C=O) groups excluding carboxylic acids is 2. The van der Waals surface area contributed by atoms with E-state index in [-0.39, 0.29) is 24.5 Å². The second-order valence-electron chi connectivity index (χ2n) is 7.43. The summed E-state index contributed by atoms with van der Waals surface area (Å²) in [5, 5.41) is 2.87. The van der Waals surface area contributed by atoms with Crippen molar-refractivity contribution in [2.75, 3.05) is 33.3 Å². The van der Waals surface area contributed by atoms with Crippen molar-refractivity contribution in [2.24, 2.45) is 0 Å². The van der Waals surface area contributed by atoms with E-state index in [0.717, 1.165) is 69.5 Å². The van der Waals surface area contributed by atoms with E-state index >= 15 is 0 Å². The fraction of sp³-hybridized carbons (Fsp3) is 0.619. The Balaban J connectivity index is 1.63. The molecule has 3 rings (SSSR count). The van der Waals surface area contributed by atoms with Crippen LogP contribution in [0.15, 0.2) is 24.3 Å². The molecule has 2 aliphatic rings. The smallest absolute Gasteiger partial charge is 0.318 e. The third kappa shape index (κ3) is 5.15. The Labute approximate surface area is 161 Å². The van der Waals surface area contributed by atoms with E-state index in [9.17, 15) is 9.59 Å². The van der Waals surface area contributed by atoms with Crippen molar-refractivity contribution < 1.29 is 14.3 Å². The molecule has 1 aromatic carbocycles. The first kappa shape index (κ1) is 19.5. The summed E-state index contributed by atoms with van der Waals surface area (Å²) in [4.78, 5) is 29.0. The second-order valence-corrected chi connectivity index (χ2v) is 7.43. The van der Waals surface area contributed by atoms with E-state index < -0.39 is 0 Å². The Bertz CT molecular complexity index is 626. The quantitative estimate of drug-likeness (QED) is 0.880. The van der Waals surface area contributed by atoms with Crippen molar-refractivity contribution in [1.29, 1.82) is 0 Å². The van der Waals surface area contributed by atoms with Gasteiger partial charge in [0.1, 0.15) is 5.75 Å². The molecule has 2 fully saturated rings. The molecule has 6 nitrogen and oxygen atoms in total. The maximum atomic E-state index is 12.9. The van der Waals surface area contributed by atoms with Crippen molar-refractivity contribution in [3.05, 3.63) is 29.8 Å². The lowest BCUT2D eigenvalue weighted by atomic mass is 10.0. The van der Waals surface area contributed by atoms with Crippen molar-refractivity contribution in [3.8, 4) is 5.75 Å². The normalized spacial score (nSPS) is 20.7. The van der Waals surface area contributed by atoms with Gasteiger partial charge in [-0.15, -0.1) is 0 Å². The second kappa shape index (κ2) is 9.62. The van der Waals surface area contributed by atoms with Gasteiger partial charge < -0.3 is 19.9 Å². The van der Waals surface area contributed by atoms with Gasteiger partial charge in [0, 0.05) is 19.6 Å². The molecule has 0 aromatic heterocycles. The highest BCUT2D eigenvalue weighted by Gasteiger charge is 2.27. The number of nitrogens with zero attached hydrogens (tertiary/aromatic N) is 2. The van der Waals surface area contributed by atoms with E-state index in [1.54, 1.807) is 7.11 Å². The van der Waals surface area contributed by atoms with E-state index in [1.807, 2.05) is 34.1 Å². The van der Waals surface area contributed by atoms with Crippen LogP contribution in [0.1, 0.15) is 56.6 Å². The van der Waals surface area contributed by atoms with Crippen LogP contribution in [-0.4, -0.2) is 55.0 Å². The first-order valence-corrected chi connectivity index (χ1v) is 10.2. The van der Waals surface area contributed by atoms with Crippen LogP contribution in [0.25, 0.3) is 0 Å². The van der Waals surface area contributed by atoms with Gasteiger partial charge >= 0.3 is 6.03 Å². The van der Waals surface area contributed by atoms with Crippen LogP contribution in [0.3, 0.4) is 0 Å². The molecule has 2 saturated heterocycles. The van der Waals surface area contributed by atoms with Crippen molar-refractivity contribution in [3.63, 3.8) is 0 Å². The molecule has 27 heavy (non-hydrogen) atoms. The molecule has 0 spiro atoms. The Hall–Kier alpha value is -2.24. The summed E-state index contributed by atoms with van der Waals surface area (Å²) in [7, 11) is 1.65. The van der Waals surface area contributed by atoms with Crippen LogP contribution >= 0.6 is 0 Å². The molecule has 148 valence electrons. The fourth-order valence-corrected chi connectivity index (χ4v) is 4.03. The van der Waals surface area contributed by atoms with Gasteiger partial charge in [-0.2, -0.15) is 0 Å². The lowest BCUT2D eigenvalue weighted by Crippen LogP contribution is -2.47. The van der Waals surface area contributed by atoms with Gasteiger partial charge in [-0.25, -0.2) is 4.79 Å². The number of piperidine rings is 1. The van der Waals surface area contributed by atoms with Crippen LogP contribution in [0.5, 0.6) is 5.75 Å². The maximum Gasteiger partial charge on any atom is 0.318 e. The average Bonchev–Trinajstić information content (AvgIpc) is 2.98. The number of likely N-dealkylation sites (tertiary alicyclic amines) is 2. The molecule has 0 saturated carbocycles. The predicted octanol–water partition coefficient (Wildman–Crippen LogP) is 3.33. The van der Waals surface area contributed by atoms with E-state index in [0.29, 0.717) is 0 Å². The van der Waals surface area contributed by atoms with Crippen LogP contribution in [-0.2, 0) is 4.79 Å². The molecule has 6 heteroatoms. The molecule has 0 unspecified atom stereocenters. The summed E-state index contributed by atoms with van der Waals surface area (Å²) < 4.78 is 5.24. The lowest BCUT2D eigenvalue weighted by Gasteiger charge is -2.31. The maximum absolute atomic E-state index is 12.9. The molecule has 0 aliphatic carbocycles. The SMILES string of the molecule is COc1ccc([C@@H]2CCCCCN2C(=O)NCC(=O)N2CCCCC2)cc1. The number of urea groups is 1. The molecule has 1 N–H and O–H groups in total. The van der Waals surface area contributed by atoms with Crippen LogP contribution in [0.2, 0.25) is 0 Å². The van der Waals surface area contributed by atoms with Crippen LogP contribution < -0.4 is 10.1 Å². The summed E-state index contributed by atoms with van der Waals surface area (Å²) in [6, 6.07) is 7.86. The summed E-state index contributed by atoms with van der Waals surface area (Å²) in [6.45, 7) is 2.44. The van der Waals surface area contributed by atoms with E-state index in [2.05, 4.69) is 5.32 Å². The van der Waals surface area contributed by atoms with Crippen LogP contribution in [0, 0.1) is 0 Å². The van der Waals surface area contributed by atoms with Crippen molar-refractivity contribution >= 4 is 11.9 Å². The molecule has 1 aromatic rings. The Kier molecular flexibility index (Phi) is 6.96. The standard InChI is InChI=1S/C21H31N3O3/c1-27-18-11-9-17(10-12-18)19-8-4-2-7-15-24(19)21(26)22-16-20(25)23-13-5-3-6-14-23/h9-12,19H,2-8,13-16H2,1H3,(H,22,26)/t19-/m0/s1. The molecule has 1 atom stereocenters. The monoisotopic (exact) mass is 373 g/mol. The molecule has 0 bridgehead atoms. The van der Waals surface area contributed by atoms with Gasteiger partial charge in [0.15, 0.2) is 0 Å². The zero-order valence-electron chi connectivity index (χ0n) is 16.3. The number of nitrogens with one attached hydrogen (secondary N) is 1. The Morgan fingerprint density at radius 1 is 1.00 bits per heavy atom. The molecular formula is C21H31N3O3. The molecule has 2 heterocycles. The van der Waals surface area contributed by atoms with Gasteiger partial charge in [-0.1, -0.05) is 25.0 Å². The third-order valence-electron chi connectivity index (χ3n) is 5.61. The highest BCUT2D eigenvalue weighted by atomic mass is 16.5. The molecule has 2 aliphatic heterocycles. The summed E-state index contributed by atoms with van der Waals surface area (Å²) in [5.74, 6) is 0.842. The van der Waals surface area contributed by atoms with E-state index in [4.69, 9.17) is 4.74 Å². The molecule has 3 amide bonds. The molecule has 0 radical (unpaired) electrons. The lowest BCUT2D eigenvalue weighted by molar-refractivity contribution is -0.130. The number of hydrogen-bond donors (Lipinski definition) is 1. The van der Waals surface area contributed by atoms with Crippen LogP contribution in [0.4, 0.5) is 4.79 Å². The van der Waals surface area contributed by atoms with Crippen molar-refractivity contribution in [2.45, 2.75) is 51.0 Å². The highest BCUT2D eigenvalue weighted by Crippen LogP contribution is 2.31. The van der Waals surface area contributed by atoms with Crippen molar-refractivity contribution in [1.82, 2.24) is 15.1 Å². The minimum absolute atomic E-state index is 0.0267. The number of amides is 3. The summed E-state index contributed by atoms with van der Waals surface area (Å²) >= 11 is 0. The molecular weight excluding hydrogens is 342 g/mol. The van der Waals surface area contributed by atoms with E-state index in [1.165, 1.54) is 6.42 Å². The van der Waals surface area contributed by atoms with Gasteiger partial charge in [-0.3, -0.25) is 4.79 Å². The predicted molar refractivity (Wildman–Crippen MR) is 105 cm³/mol. The first-order chi connectivity index (χ1) is 13.2. The minimum atomic E-state index is -0.136. The zero-order chi connectivity index (χ0) is 19.1. The Morgan fingerprint density at radius 3 is 2.37 bits per heavy atom. The summed E-state index contributed by atoms with van der Waals surface area (Å²) in [6.07, 6.45) is 7.49. The third-order valence-corrected chi connectivity index (χ3v) is 5.61. The topological polar surface area (TPSA) is 61.9 Å². The highest BCUT2D eigenvalue weighted by molar-refractivity contribution is 5.84. The number of ether oxygens (including phenoxy) is 1. The van der Waals surface area contributed by atoms with Gasteiger partial charge in [0.05, 0.1) is 19.7 Å². The Morgan fingerprint density at radius 2 is 1.67 bits per heavy atom. The summed E-state index contributed by atoms with van der Waals surface area (Å²) in [5.41, 5.74) is 1.12. The van der Waals surface area contributed by atoms with Gasteiger partial charge in [0.2, 0.25) is 5.91 Å². The minimum Gasteiger partial charge on any atom is -0.497 e. The number of benzene rings is 1. The van der Waals surface area contributed by atoms with Gasteiger partial charge in [0.25, 0.3) is 0 Å². The largest absolute Gasteiger partial charge is 0.497 e.